The number of carbonyl (C=O) groups is 1. The first-order valence-corrected chi connectivity index (χ1v) is 5.69. The normalized spacial score (nSPS) is 28.6. The molecule has 1 saturated heterocycles. The van der Waals surface area contributed by atoms with Gasteiger partial charge in [0.15, 0.2) is 0 Å². The Labute approximate surface area is 92.2 Å². The van der Waals surface area contributed by atoms with Crippen molar-refractivity contribution in [3.05, 3.63) is 0 Å². The van der Waals surface area contributed by atoms with Crippen molar-refractivity contribution in [2.75, 3.05) is 13.1 Å². The van der Waals surface area contributed by atoms with E-state index in [0.717, 1.165) is 13.0 Å². The summed E-state index contributed by atoms with van der Waals surface area (Å²) in [5.41, 5.74) is 5.52. The van der Waals surface area contributed by atoms with Crippen molar-refractivity contribution in [2.45, 2.75) is 51.7 Å². The summed E-state index contributed by atoms with van der Waals surface area (Å²) in [6.45, 7) is 9.65. The molecular weight excluding hydrogens is 190 g/mol. The second-order valence-corrected chi connectivity index (χ2v) is 5.05. The summed E-state index contributed by atoms with van der Waals surface area (Å²) in [4.78, 5) is 14.1. The third kappa shape index (κ3) is 2.69. The molecule has 4 heteroatoms. The van der Waals surface area contributed by atoms with Gasteiger partial charge in [-0.2, -0.15) is 0 Å². The van der Waals surface area contributed by atoms with E-state index in [-0.39, 0.29) is 17.5 Å². The second-order valence-electron chi connectivity index (χ2n) is 5.05. The Kier molecular flexibility index (Phi) is 3.73. The number of amides is 1. The molecule has 0 radical (unpaired) electrons. The molecule has 88 valence electrons. The topological polar surface area (TPSA) is 58.4 Å². The minimum absolute atomic E-state index is 0.0639. The van der Waals surface area contributed by atoms with Gasteiger partial charge in [-0.05, 0) is 27.2 Å². The molecule has 0 bridgehead atoms. The minimum atomic E-state index is -0.159. The van der Waals surface area contributed by atoms with Gasteiger partial charge >= 0.3 is 0 Å². The Morgan fingerprint density at radius 1 is 1.67 bits per heavy atom. The first-order chi connectivity index (χ1) is 6.91. The van der Waals surface area contributed by atoms with Gasteiger partial charge < -0.3 is 11.1 Å². The Morgan fingerprint density at radius 3 is 2.73 bits per heavy atom. The number of hydrogen-bond acceptors (Lipinski definition) is 3. The van der Waals surface area contributed by atoms with Crippen molar-refractivity contribution in [3.63, 3.8) is 0 Å². The first-order valence-electron chi connectivity index (χ1n) is 5.69. The average molecular weight is 213 g/mol. The molecule has 1 heterocycles. The van der Waals surface area contributed by atoms with Crippen molar-refractivity contribution in [2.24, 2.45) is 5.73 Å². The lowest BCUT2D eigenvalue weighted by molar-refractivity contribution is -0.133. The first kappa shape index (κ1) is 12.5. The maximum atomic E-state index is 11.8. The van der Waals surface area contributed by atoms with Gasteiger partial charge in [0.05, 0.1) is 0 Å². The molecule has 2 unspecified atom stereocenters. The number of hydrogen-bond donors (Lipinski definition) is 2. The van der Waals surface area contributed by atoms with Crippen LogP contribution >= 0.6 is 0 Å². The van der Waals surface area contributed by atoms with Crippen molar-refractivity contribution < 1.29 is 4.79 Å². The van der Waals surface area contributed by atoms with Crippen LogP contribution in [0.25, 0.3) is 0 Å². The lowest BCUT2D eigenvalue weighted by Gasteiger charge is -2.45. The van der Waals surface area contributed by atoms with Crippen LogP contribution < -0.4 is 11.1 Å². The van der Waals surface area contributed by atoms with Crippen LogP contribution in [-0.4, -0.2) is 41.5 Å². The van der Waals surface area contributed by atoms with Crippen molar-refractivity contribution in [3.8, 4) is 0 Å². The Bertz CT molecular complexity index is 240. The third-order valence-corrected chi connectivity index (χ3v) is 3.12. The molecule has 2 atom stereocenters. The summed E-state index contributed by atoms with van der Waals surface area (Å²) in [7, 11) is 0. The van der Waals surface area contributed by atoms with Gasteiger partial charge in [-0.25, -0.2) is 0 Å². The lowest BCUT2D eigenvalue weighted by Crippen LogP contribution is -2.67. The molecule has 0 saturated carbocycles. The second kappa shape index (κ2) is 4.49. The summed E-state index contributed by atoms with van der Waals surface area (Å²) in [6.07, 6.45) is 1.04. The van der Waals surface area contributed by atoms with Crippen LogP contribution in [0.5, 0.6) is 0 Å². The Balaban J connectivity index is 2.84. The predicted octanol–water partition coefficient (Wildman–Crippen LogP) is 0.323. The lowest BCUT2D eigenvalue weighted by atomic mass is 9.96. The summed E-state index contributed by atoms with van der Waals surface area (Å²) < 4.78 is 0. The molecule has 0 aromatic rings. The summed E-state index contributed by atoms with van der Waals surface area (Å²) in [5, 5.41) is 3.00. The van der Waals surface area contributed by atoms with Crippen LogP contribution in [0.15, 0.2) is 0 Å². The molecule has 3 N–H and O–H groups in total. The van der Waals surface area contributed by atoms with E-state index in [1.807, 2.05) is 13.8 Å². The zero-order valence-electron chi connectivity index (χ0n) is 10.2. The fourth-order valence-electron chi connectivity index (χ4n) is 2.11. The molecular formula is C11H23N3O. The molecule has 0 aliphatic carbocycles. The average Bonchev–Trinajstić information content (AvgIpc) is 2.14. The number of nitrogens with zero attached hydrogens (tertiary/aromatic N) is 1. The van der Waals surface area contributed by atoms with Crippen LogP contribution in [0, 0.1) is 0 Å². The highest BCUT2D eigenvalue weighted by Gasteiger charge is 2.39. The molecule has 0 aromatic carbocycles. The van der Waals surface area contributed by atoms with E-state index in [2.05, 4.69) is 24.1 Å². The summed E-state index contributed by atoms with van der Waals surface area (Å²) in [6, 6.07) is 0.247. The maximum Gasteiger partial charge on any atom is 0.239 e. The van der Waals surface area contributed by atoms with E-state index >= 15 is 0 Å². The van der Waals surface area contributed by atoms with Gasteiger partial charge in [0.2, 0.25) is 5.91 Å². The zero-order chi connectivity index (χ0) is 11.6. The Hall–Kier alpha value is -0.610. The summed E-state index contributed by atoms with van der Waals surface area (Å²) >= 11 is 0. The van der Waals surface area contributed by atoms with Crippen molar-refractivity contribution >= 4 is 5.91 Å². The van der Waals surface area contributed by atoms with Crippen LogP contribution in [-0.2, 0) is 4.79 Å². The SMILES string of the molecule is CCC(C)N1CC(C)(C)NC(=O)C1CN. The van der Waals surface area contributed by atoms with E-state index < -0.39 is 0 Å². The highest BCUT2D eigenvalue weighted by atomic mass is 16.2. The Morgan fingerprint density at radius 2 is 2.27 bits per heavy atom. The van der Waals surface area contributed by atoms with E-state index in [1.165, 1.54) is 0 Å². The summed E-state index contributed by atoms with van der Waals surface area (Å²) in [5.74, 6) is 0.0639. The molecule has 0 spiro atoms. The highest BCUT2D eigenvalue weighted by Crippen LogP contribution is 2.19. The van der Waals surface area contributed by atoms with Gasteiger partial charge in [-0.15, -0.1) is 0 Å². The van der Waals surface area contributed by atoms with Crippen LogP contribution in [0.2, 0.25) is 0 Å². The van der Waals surface area contributed by atoms with E-state index in [9.17, 15) is 4.79 Å². The van der Waals surface area contributed by atoms with Gasteiger partial charge in [0, 0.05) is 24.7 Å². The number of nitrogens with one attached hydrogen (secondary N) is 1. The molecule has 15 heavy (non-hydrogen) atoms. The molecule has 1 aliphatic heterocycles. The van der Waals surface area contributed by atoms with Crippen LogP contribution in [0.3, 0.4) is 0 Å². The smallest absolute Gasteiger partial charge is 0.239 e. The number of piperazine rings is 1. The number of nitrogens with two attached hydrogens (primary N) is 1. The number of carbonyl (C=O) groups excluding carboxylic acids is 1. The van der Waals surface area contributed by atoms with Gasteiger partial charge in [-0.3, -0.25) is 9.69 Å². The standard InChI is InChI=1S/C11H23N3O/c1-5-8(2)14-7-11(3,4)13-10(15)9(14)6-12/h8-9H,5-7,12H2,1-4H3,(H,13,15). The quantitative estimate of drug-likeness (QED) is 0.710. The molecule has 0 aromatic heterocycles. The molecule has 1 fully saturated rings. The minimum Gasteiger partial charge on any atom is -0.349 e. The number of rotatable bonds is 3. The van der Waals surface area contributed by atoms with Gasteiger partial charge in [-0.1, -0.05) is 6.92 Å². The fraction of sp³-hybridized carbons (Fsp3) is 0.909. The van der Waals surface area contributed by atoms with Crippen LogP contribution in [0.4, 0.5) is 0 Å². The predicted molar refractivity (Wildman–Crippen MR) is 61.5 cm³/mol. The van der Waals surface area contributed by atoms with E-state index in [1.54, 1.807) is 0 Å². The largest absolute Gasteiger partial charge is 0.349 e. The van der Waals surface area contributed by atoms with E-state index in [0.29, 0.717) is 12.6 Å². The molecule has 1 aliphatic rings. The molecule has 1 amide bonds. The monoisotopic (exact) mass is 213 g/mol. The third-order valence-electron chi connectivity index (χ3n) is 3.12. The fourth-order valence-corrected chi connectivity index (χ4v) is 2.11. The van der Waals surface area contributed by atoms with Crippen molar-refractivity contribution in [1.29, 1.82) is 0 Å². The van der Waals surface area contributed by atoms with Gasteiger partial charge in [0.25, 0.3) is 0 Å². The van der Waals surface area contributed by atoms with Crippen molar-refractivity contribution in [1.82, 2.24) is 10.2 Å². The zero-order valence-corrected chi connectivity index (χ0v) is 10.2. The van der Waals surface area contributed by atoms with Gasteiger partial charge in [0.1, 0.15) is 6.04 Å². The van der Waals surface area contributed by atoms with Crippen LogP contribution in [0.1, 0.15) is 34.1 Å². The molecule has 4 nitrogen and oxygen atoms in total. The molecule has 1 rings (SSSR count). The van der Waals surface area contributed by atoms with E-state index in [4.69, 9.17) is 5.73 Å². The maximum absolute atomic E-state index is 11.8. The highest BCUT2D eigenvalue weighted by molar-refractivity contribution is 5.83.